The molecule has 0 saturated heterocycles. The van der Waals surface area contributed by atoms with Crippen LogP contribution in [0.5, 0.6) is 0 Å². The lowest BCUT2D eigenvalue weighted by atomic mass is 10.0. The smallest absolute Gasteiger partial charge is 0.255 e. The minimum absolute atomic E-state index is 0.152. The van der Waals surface area contributed by atoms with Gasteiger partial charge in [-0.1, -0.05) is 60.7 Å². The fourth-order valence-corrected chi connectivity index (χ4v) is 4.13. The standard InChI is InChI=1S/C26H29N3O3S/c1-29(2)25(19-22-11-7-4-8-12-22)20-27-26(30)23-13-15-24(16-14-23)28-33(31,32)18-17-21-9-5-3-6-10-21/h3-18,25,28H,19-20H2,1-2H3,(H,27,30)/b18-17+. The number of benzene rings is 3. The number of carbonyl (C=O) groups excluding carboxylic acids is 1. The SMILES string of the molecule is CN(C)C(CNC(=O)c1ccc(NS(=O)(=O)/C=C/c2ccccc2)cc1)Cc1ccccc1. The van der Waals surface area contributed by atoms with E-state index in [4.69, 9.17) is 0 Å². The molecule has 6 nitrogen and oxygen atoms in total. The first-order valence-electron chi connectivity index (χ1n) is 10.7. The van der Waals surface area contributed by atoms with Gasteiger partial charge in [-0.05, 0) is 62.0 Å². The van der Waals surface area contributed by atoms with Gasteiger partial charge in [-0.2, -0.15) is 0 Å². The Morgan fingerprint density at radius 3 is 2.12 bits per heavy atom. The second kappa shape index (κ2) is 11.4. The number of nitrogens with zero attached hydrogens (tertiary/aromatic N) is 1. The van der Waals surface area contributed by atoms with E-state index >= 15 is 0 Å². The van der Waals surface area contributed by atoms with E-state index in [1.165, 1.54) is 11.6 Å². The molecule has 3 aromatic carbocycles. The Balaban J connectivity index is 1.56. The zero-order chi connectivity index (χ0) is 23.7. The fraction of sp³-hybridized carbons (Fsp3) is 0.192. The molecule has 0 aliphatic heterocycles. The van der Waals surface area contributed by atoms with Crippen LogP contribution in [0.1, 0.15) is 21.5 Å². The average molecular weight is 464 g/mol. The Morgan fingerprint density at radius 2 is 1.52 bits per heavy atom. The van der Waals surface area contributed by atoms with Crippen molar-refractivity contribution in [3.63, 3.8) is 0 Å². The Morgan fingerprint density at radius 1 is 0.909 bits per heavy atom. The molecule has 0 heterocycles. The van der Waals surface area contributed by atoms with Crippen LogP contribution in [0.2, 0.25) is 0 Å². The summed E-state index contributed by atoms with van der Waals surface area (Å²) in [5, 5.41) is 4.10. The van der Waals surface area contributed by atoms with Crippen molar-refractivity contribution in [3.05, 3.63) is 107 Å². The van der Waals surface area contributed by atoms with Crippen LogP contribution in [-0.4, -0.2) is 45.9 Å². The third-order valence-electron chi connectivity index (χ3n) is 5.19. The molecule has 0 spiro atoms. The molecule has 1 atom stereocenters. The molecular formula is C26H29N3O3S. The normalized spacial score (nSPS) is 12.6. The monoisotopic (exact) mass is 463 g/mol. The quantitative estimate of drug-likeness (QED) is 0.476. The number of carbonyl (C=O) groups is 1. The van der Waals surface area contributed by atoms with Gasteiger partial charge in [0.1, 0.15) is 0 Å². The molecular weight excluding hydrogens is 434 g/mol. The van der Waals surface area contributed by atoms with E-state index in [-0.39, 0.29) is 11.9 Å². The Kier molecular flexibility index (Phi) is 8.40. The van der Waals surface area contributed by atoms with E-state index in [2.05, 4.69) is 27.1 Å². The van der Waals surface area contributed by atoms with Crippen LogP contribution in [0, 0.1) is 0 Å². The second-order valence-electron chi connectivity index (χ2n) is 7.96. The summed E-state index contributed by atoms with van der Waals surface area (Å²) >= 11 is 0. The van der Waals surface area contributed by atoms with Crippen molar-refractivity contribution in [2.45, 2.75) is 12.5 Å². The number of sulfonamides is 1. The Bertz CT molecular complexity index is 1160. The van der Waals surface area contributed by atoms with Crippen molar-refractivity contribution >= 4 is 27.7 Å². The first kappa shape index (κ1) is 24.2. The molecule has 0 aromatic heterocycles. The lowest BCUT2D eigenvalue weighted by molar-refractivity contribution is 0.0941. The summed E-state index contributed by atoms with van der Waals surface area (Å²) < 4.78 is 27.1. The summed E-state index contributed by atoms with van der Waals surface area (Å²) in [7, 11) is 0.323. The summed E-state index contributed by atoms with van der Waals surface area (Å²) in [6, 6.07) is 25.9. The van der Waals surface area contributed by atoms with Crippen LogP contribution in [-0.2, 0) is 16.4 Å². The highest BCUT2D eigenvalue weighted by Gasteiger charge is 2.15. The first-order valence-corrected chi connectivity index (χ1v) is 12.2. The number of likely N-dealkylation sites (N-methyl/N-ethyl adjacent to an activating group) is 1. The van der Waals surface area contributed by atoms with Crippen molar-refractivity contribution in [1.29, 1.82) is 0 Å². The van der Waals surface area contributed by atoms with Crippen LogP contribution in [0.15, 0.2) is 90.3 Å². The highest BCUT2D eigenvalue weighted by atomic mass is 32.2. The average Bonchev–Trinajstić information content (AvgIpc) is 2.82. The number of amides is 1. The summed E-state index contributed by atoms with van der Waals surface area (Å²) in [5.41, 5.74) is 2.86. The van der Waals surface area contributed by atoms with E-state index in [9.17, 15) is 13.2 Å². The zero-order valence-corrected chi connectivity index (χ0v) is 19.6. The number of rotatable bonds is 10. The topological polar surface area (TPSA) is 78.5 Å². The fourth-order valence-electron chi connectivity index (χ4n) is 3.26. The molecule has 3 rings (SSSR count). The highest BCUT2D eigenvalue weighted by molar-refractivity contribution is 7.95. The third-order valence-corrected chi connectivity index (χ3v) is 6.20. The Hall–Kier alpha value is -3.42. The summed E-state index contributed by atoms with van der Waals surface area (Å²) in [4.78, 5) is 14.7. The molecule has 0 saturated carbocycles. The second-order valence-corrected chi connectivity index (χ2v) is 9.52. The number of nitrogens with one attached hydrogen (secondary N) is 2. The molecule has 0 radical (unpaired) electrons. The molecule has 1 amide bonds. The predicted octanol–water partition coefficient (Wildman–Crippen LogP) is 4.00. The minimum atomic E-state index is -3.66. The van der Waals surface area contributed by atoms with Gasteiger partial charge < -0.3 is 10.2 Å². The van der Waals surface area contributed by atoms with Gasteiger partial charge in [0.2, 0.25) is 0 Å². The highest BCUT2D eigenvalue weighted by Crippen LogP contribution is 2.13. The van der Waals surface area contributed by atoms with Crippen molar-refractivity contribution < 1.29 is 13.2 Å². The van der Waals surface area contributed by atoms with Crippen molar-refractivity contribution in [2.75, 3.05) is 25.4 Å². The third kappa shape index (κ3) is 7.89. The zero-order valence-electron chi connectivity index (χ0n) is 18.8. The van der Waals surface area contributed by atoms with Crippen LogP contribution in [0.25, 0.3) is 6.08 Å². The van der Waals surface area contributed by atoms with E-state index < -0.39 is 10.0 Å². The number of hydrogen-bond donors (Lipinski definition) is 2. The van der Waals surface area contributed by atoms with Gasteiger partial charge in [0.15, 0.2) is 0 Å². The van der Waals surface area contributed by atoms with Crippen LogP contribution in [0.4, 0.5) is 5.69 Å². The van der Waals surface area contributed by atoms with Gasteiger partial charge in [0.25, 0.3) is 15.9 Å². The van der Waals surface area contributed by atoms with E-state index in [1.54, 1.807) is 24.3 Å². The molecule has 172 valence electrons. The van der Waals surface area contributed by atoms with E-state index in [0.717, 1.165) is 17.4 Å². The molecule has 0 aliphatic carbocycles. The summed E-state index contributed by atoms with van der Waals surface area (Å²) in [5.74, 6) is -0.201. The van der Waals surface area contributed by atoms with Crippen molar-refractivity contribution in [3.8, 4) is 0 Å². The van der Waals surface area contributed by atoms with Gasteiger partial charge >= 0.3 is 0 Å². The molecule has 7 heteroatoms. The number of hydrogen-bond acceptors (Lipinski definition) is 4. The molecule has 2 N–H and O–H groups in total. The lowest BCUT2D eigenvalue weighted by Gasteiger charge is -2.24. The molecule has 0 aliphatic rings. The maximum absolute atomic E-state index is 12.6. The lowest BCUT2D eigenvalue weighted by Crippen LogP contribution is -2.41. The van der Waals surface area contributed by atoms with Gasteiger partial charge in [-0.15, -0.1) is 0 Å². The number of anilines is 1. The summed E-state index contributed by atoms with van der Waals surface area (Å²) in [6.45, 7) is 0.499. The van der Waals surface area contributed by atoms with Crippen LogP contribution >= 0.6 is 0 Å². The van der Waals surface area contributed by atoms with Gasteiger partial charge in [0, 0.05) is 23.8 Å². The maximum atomic E-state index is 12.6. The summed E-state index contributed by atoms with van der Waals surface area (Å²) in [6.07, 6.45) is 2.35. The van der Waals surface area contributed by atoms with E-state index in [0.29, 0.717) is 17.8 Å². The predicted molar refractivity (Wildman–Crippen MR) is 134 cm³/mol. The molecule has 1 unspecified atom stereocenters. The largest absolute Gasteiger partial charge is 0.350 e. The molecule has 0 bridgehead atoms. The van der Waals surface area contributed by atoms with Crippen LogP contribution in [0.3, 0.4) is 0 Å². The Labute approximate surface area is 196 Å². The van der Waals surface area contributed by atoms with Gasteiger partial charge in [-0.3, -0.25) is 9.52 Å². The molecule has 0 fully saturated rings. The van der Waals surface area contributed by atoms with Crippen LogP contribution < -0.4 is 10.0 Å². The maximum Gasteiger partial charge on any atom is 0.255 e. The first-order chi connectivity index (χ1) is 15.8. The molecule has 33 heavy (non-hydrogen) atoms. The van der Waals surface area contributed by atoms with Gasteiger partial charge in [0.05, 0.1) is 5.41 Å². The molecule has 3 aromatic rings. The van der Waals surface area contributed by atoms with Gasteiger partial charge in [-0.25, -0.2) is 8.42 Å². The van der Waals surface area contributed by atoms with Crippen molar-refractivity contribution in [1.82, 2.24) is 10.2 Å². The van der Waals surface area contributed by atoms with Crippen molar-refractivity contribution in [2.24, 2.45) is 0 Å². The van der Waals surface area contributed by atoms with E-state index in [1.807, 2.05) is 62.6 Å². The minimum Gasteiger partial charge on any atom is -0.350 e.